The van der Waals surface area contributed by atoms with Crippen LogP contribution in [0.25, 0.3) is 0 Å². The Labute approximate surface area is 172 Å². The number of benzene rings is 2. The Morgan fingerprint density at radius 3 is 2.43 bits per heavy atom. The lowest BCUT2D eigenvalue weighted by molar-refractivity contribution is 0.0938. The Kier molecular flexibility index (Phi) is 7.35. The van der Waals surface area contributed by atoms with Crippen LogP contribution >= 0.6 is 11.6 Å². The smallest absolute Gasteiger partial charge is 0.251 e. The van der Waals surface area contributed by atoms with Crippen molar-refractivity contribution in [2.75, 3.05) is 26.2 Å². The molecule has 0 saturated carbocycles. The molecule has 0 spiro atoms. The van der Waals surface area contributed by atoms with Crippen LogP contribution in [-0.4, -0.2) is 37.0 Å². The summed E-state index contributed by atoms with van der Waals surface area (Å²) in [5.41, 5.74) is 1.71. The van der Waals surface area contributed by atoms with E-state index in [2.05, 4.69) is 30.1 Å². The number of carbonyl (C=O) groups excluding carboxylic acids is 1. The van der Waals surface area contributed by atoms with E-state index in [1.807, 2.05) is 42.5 Å². The van der Waals surface area contributed by atoms with Gasteiger partial charge in [-0.3, -0.25) is 9.69 Å². The number of ether oxygens (including phenoxy) is 1. The first-order chi connectivity index (χ1) is 13.5. The van der Waals surface area contributed by atoms with Crippen molar-refractivity contribution in [1.29, 1.82) is 0 Å². The third-order valence-electron chi connectivity index (χ3n) is 5.00. The van der Waals surface area contributed by atoms with Gasteiger partial charge in [0, 0.05) is 17.1 Å². The summed E-state index contributed by atoms with van der Waals surface area (Å²) in [7, 11) is 0. The largest absolute Gasteiger partial charge is 0.493 e. The lowest BCUT2D eigenvalue weighted by Gasteiger charge is -2.29. The molecule has 0 aromatic heterocycles. The van der Waals surface area contributed by atoms with E-state index in [4.69, 9.17) is 16.3 Å². The molecule has 1 saturated heterocycles. The standard InChI is InChI=1S/C23H29ClN2O2/c1-17(2)16-28-19-11-9-18(10-12-19)23(27)25-15-22(26-13-5-6-14-26)20-7-3-4-8-21(20)24/h3-4,7-12,17,22H,5-6,13-16H2,1-2H3,(H,25,27). The first-order valence-corrected chi connectivity index (χ1v) is 10.4. The number of halogens is 1. The van der Waals surface area contributed by atoms with Gasteiger partial charge in [0.1, 0.15) is 5.75 Å². The lowest BCUT2D eigenvalue weighted by Crippen LogP contribution is -2.37. The first-order valence-electron chi connectivity index (χ1n) is 10.0. The maximum Gasteiger partial charge on any atom is 0.251 e. The molecule has 0 radical (unpaired) electrons. The monoisotopic (exact) mass is 400 g/mol. The Hall–Kier alpha value is -2.04. The minimum absolute atomic E-state index is 0.0772. The van der Waals surface area contributed by atoms with E-state index in [1.165, 1.54) is 12.8 Å². The highest BCUT2D eigenvalue weighted by Crippen LogP contribution is 2.29. The Bertz CT molecular complexity index is 770. The van der Waals surface area contributed by atoms with Gasteiger partial charge < -0.3 is 10.1 Å². The van der Waals surface area contributed by atoms with Crippen LogP contribution in [0.2, 0.25) is 5.02 Å². The number of carbonyl (C=O) groups is 1. The molecular formula is C23H29ClN2O2. The Morgan fingerprint density at radius 2 is 1.79 bits per heavy atom. The molecule has 1 unspecified atom stereocenters. The third kappa shape index (κ3) is 5.49. The highest BCUT2D eigenvalue weighted by atomic mass is 35.5. The van der Waals surface area contributed by atoms with Crippen LogP contribution in [0.5, 0.6) is 5.75 Å². The van der Waals surface area contributed by atoms with E-state index in [0.717, 1.165) is 29.4 Å². The van der Waals surface area contributed by atoms with Crippen molar-refractivity contribution in [2.24, 2.45) is 5.92 Å². The average Bonchev–Trinajstić information content (AvgIpc) is 3.22. The third-order valence-corrected chi connectivity index (χ3v) is 5.35. The molecule has 1 N–H and O–H groups in total. The second kappa shape index (κ2) is 9.94. The molecule has 1 atom stereocenters. The normalized spacial score (nSPS) is 15.6. The molecule has 1 heterocycles. The topological polar surface area (TPSA) is 41.6 Å². The number of hydrogen-bond acceptors (Lipinski definition) is 3. The SMILES string of the molecule is CC(C)COc1ccc(C(=O)NCC(c2ccccc2Cl)N2CCCC2)cc1. The predicted octanol–water partition coefficient (Wildman–Crippen LogP) is 4.94. The predicted molar refractivity (Wildman–Crippen MR) is 114 cm³/mol. The van der Waals surface area contributed by atoms with Crippen molar-refractivity contribution in [3.05, 3.63) is 64.7 Å². The summed E-state index contributed by atoms with van der Waals surface area (Å²) >= 11 is 6.45. The van der Waals surface area contributed by atoms with Crippen molar-refractivity contribution in [3.8, 4) is 5.75 Å². The number of nitrogens with one attached hydrogen (secondary N) is 1. The van der Waals surface area contributed by atoms with E-state index < -0.39 is 0 Å². The van der Waals surface area contributed by atoms with E-state index >= 15 is 0 Å². The Balaban J connectivity index is 1.64. The van der Waals surface area contributed by atoms with Crippen LogP contribution in [0.15, 0.2) is 48.5 Å². The molecule has 2 aromatic rings. The molecule has 1 aliphatic heterocycles. The number of nitrogens with zero attached hydrogens (tertiary/aromatic N) is 1. The van der Waals surface area contributed by atoms with Gasteiger partial charge in [-0.1, -0.05) is 43.6 Å². The molecule has 28 heavy (non-hydrogen) atoms. The summed E-state index contributed by atoms with van der Waals surface area (Å²) in [5.74, 6) is 1.18. The molecule has 2 aromatic carbocycles. The second-order valence-electron chi connectivity index (χ2n) is 7.72. The summed E-state index contributed by atoms with van der Waals surface area (Å²) in [5, 5.41) is 3.84. The molecule has 4 nitrogen and oxygen atoms in total. The molecule has 1 amide bonds. The van der Waals surface area contributed by atoms with Crippen LogP contribution in [0.3, 0.4) is 0 Å². The van der Waals surface area contributed by atoms with Crippen LogP contribution < -0.4 is 10.1 Å². The van der Waals surface area contributed by atoms with Gasteiger partial charge in [0.25, 0.3) is 5.91 Å². The summed E-state index contributed by atoms with van der Waals surface area (Å²) < 4.78 is 5.69. The highest BCUT2D eigenvalue weighted by Gasteiger charge is 2.25. The summed E-state index contributed by atoms with van der Waals surface area (Å²) in [4.78, 5) is 15.1. The van der Waals surface area contributed by atoms with Crippen molar-refractivity contribution in [1.82, 2.24) is 10.2 Å². The molecule has 150 valence electrons. The van der Waals surface area contributed by atoms with Gasteiger partial charge in [-0.25, -0.2) is 0 Å². The van der Waals surface area contributed by atoms with Crippen molar-refractivity contribution >= 4 is 17.5 Å². The lowest BCUT2D eigenvalue weighted by atomic mass is 10.0. The fourth-order valence-electron chi connectivity index (χ4n) is 3.49. The summed E-state index contributed by atoms with van der Waals surface area (Å²) in [6.45, 7) is 7.49. The first kappa shape index (κ1) is 20.7. The van der Waals surface area contributed by atoms with E-state index in [9.17, 15) is 4.79 Å². The summed E-state index contributed by atoms with van der Waals surface area (Å²) in [6.07, 6.45) is 2.37. The molecule has 5 heteroatoms. The van der Waals surface area contributed by atoms with E-state index in [-0.39, 0.29) is 11.9 Å². The Morgan fingerprint density at radius 1 is 1.11 bits per heavy atom. The average molecular weight is 401 g/mol. The van der Waals surface area contributed by atoms with E-state index in [0.29, 0.717) is 24.6 Å². The molecule has 3 rings (SSSR count). The fourth-order valence-corrected chi connectivity index (χ4v) is 3.75. The molecule has 1 aliphatic rings. The highest BCUT2D eigenvalue weighted by molar-refractivity contribution is 6.31. The zero-order chi connectivity index (χ0) is 19.9. The van der Waals surface area contributed by atoms with Crippen molar-refractivity contribution < 1.29 is 9.53 Å². The molecule has 0 aliphatic carbocycles. The van der Waals surface area contributed by atoms with Crippen LogP contribution in [0, 0.1) is 5.92 Å². The maximum absolute atomic E-state index is 12.7. The van der Waals surface area contributed by atoms with Gasteiger partial charge >= 0.3 is 0 Å². The zero-order valence-electron chi connectivity index (χ0n) is 16.7. The van der Waals surface area contributed by atoms with Gasteiger partial charge in [-0.15, -0.1) is 0 Å². The van der Waals surface area contributed by atoms with Gasteiger partial charge in [-0.05, 0) is 67.7 Å². The van der Waals surface area contributed by atoms with Gasteiger partial charge in [0.15, 0.2) is 0 Å². The van der Waals surface area contributed by atoms with Crippen LogP contribution in [-0.2, 0) is 0 Å². The zero-order valence-corrected chi connectivity index (χ0v) is 17.4. The number of hydrogen-bond donors (Lipinski definition) is 1. The summed E-state index contributed by atoms with van der Waals surface area (Å²) in [6, 6.07) is 15.3. The van der Waals surface area contributed by atoms with Gasteiger partial charge in [-0.2, -0.15) is 0 Å². The minimum Gasteiger partial charge on any atom is -0.493 e. The van der Waals surface area contributed by atoms with Crippen LogP contribution in [0.1, 0.15) is 48.7 Å². The van der Waals surface area contributed by atoms with Gasteiger partial charge in [0.2, 0.25) is 0 Å². The molecule has 0 bridgehead atoms. The number of likely N-dealkylation sites (tertiary alicyclic amines) is 1. The van der Waals surface area contributed by atoms with Crippen LogP contribution in [0.4, 0.5) is 0 Å². The molecule has 1 fully saturated rings. The van der Waals surface area contributed by atoms with Crippen molar-refractivity contribution in [2.45, 2.75) is 32.7 Å². The van der Waals surface area contributed by atoms with Crippen molar-refractivity contribution in [3.63, 3.8) is 0 Å². The fraction of sp³-hybridized carbons (Fsp3) is 0.435. The number of rotatable bonds is 8. The van der Waals surface area contributed by atoms with Gasteiger partial charge in [0.05, 0.1) is 12.6 Å². The van der Waals surface area contributed by atoms with E-state index in [1.54, 1.807) is 0 Å². The molecular weight excluding hydrogens is 372 g/mol. The quantitative estimate of drug-likeness (QED) is 0.682. The maximum atomic E-state index is 12.7. The number of amides is 1. The minimum atomic E-state index is -0.0772. The second-order valence-corrected chi connectivity index (χ2v) is 8.13.